The molecule has 0 radical (unpaired) electrons. The molecular formula is C10H18O3. The highest BCUT2D eigenvalue weighted by Gasteiger charge is 1.97. The molecule has 0 bridgehead atoms. The summed E-state index contributed by atoms with van der Waals surface area (Å²) in [4.78, 5) is 10.3. The summed E-state index contributed by atoms with van der Waals surface area (Å²) in [5.41, 5.74) is 0.380. The zero-order valence-electron chi connectivity index (χ0n) is 8.63. The molecule has 0 aromatic carbocycles. The third-order valence-electron chi connectivity index (χ3n) is 0.947. The number of ether oxygens (including phenoxy) is 2. The molecule has 0 aromatic rings. The number of carbonyl (C=O) groups excluding carboxylic acids is 1. The van der Waals surface area contributed by atoms with Crippen molar-refractivity contribution in [3.63, 3.8) is 0 Å². The molecule has 0 aliphatic carbocycles. The average molecular weight is 186 g/mol. The van der Waals surface area contributed by atoms with Crippen molar-refractivity contribution < 1.29 is 14.3 Å². The third-order valence-corrected chi connectivity index (χ3v) is 0.947. The van der Waals surface area contributed by atoms with Crippen LogP contribution in [0, 0.1) is 0 Å². The minimum absolute atomic E-state index is 0.380. The second-order valence-electron chi connectivity index (χ2n) is 2.13. The van der Waals surface area contributed by atoms with Crippen LogP contribution in [0.1, 0.15) is 20.8 Å². The van der Waals surface area contributed by atoms with Gasteiger partial charge in [-0.05, 0) is 20.8 Å². The van der Waals surface area contributed by atoms with E-state index in [0.717, 1.165) is 19.5 Å². The van der Waals surface area contributed by atoms with Gasteiger partial charge in [0.15, 0.2) is 0 Å². The molecule has 13 heavy (non-hydrogen) atoms. The molecule has 0 saturated heterocycles. The van der Waals surface area contributed by atoms with Gasteiger partial charge in [-0.25, -0.2) is 4.79 Å². The smallest absolute Gasteiger partial charge is 0.337 e. The first-order valence-electron chi connectivity index (χ1n) is 4.15. The Balaban J connectivity index is 0. The maximum Gasteiger partial charge on any atom is 0.337 e. The van der Waals surface area contributed by atoms with Gasteiger partial charge in [0, 0.05) is 18.8 Å². The van der Waals surface area contributed by atoms with Crippen LogP contribution in [0.25, 0.3) is 0 Å². The van der Waals surface area contributed by atoms with Gasteiger partial charge in [-0.3, -0.25) is 0 Å². The van der Waals surface area contributed by atoms with Crippen LogP contribution in [-0.4, -0.2) is 19.2 Å². The Bertz CT molecular complexity index is 160. The summed E-state index contributed by atoms with van der Waals surface area (Å²) in [5, 5.41) is 0. The summed E-state index contributed by atoms with van der Waals surface area (Å²) < 4.78 is 9.16. The Labute approximate surface area is 80.0 Å². The molecule has 0 heterocycles. The van der Waals surface area contributed by atoms with Crippen molar-refractivity contribution >= 4 is 5.97 Å². The quantitative estimate of drug-likeness (QED) is 0.384. The van der Waals surface area contributed by atoms with Crippen LogP contribution in [0.15, 0.2) is 25.0 Å². The summed E-state index contributed by atoms with van der Waals surface area (Å²) in [6.07, 6.45) is 1.08. The molecule has 0 saturated carbocycles. The maximum atomic E-state index is 10.3. The largest absolute Gasteiger partial charge is 0.432 e. The summed E-state index contributed by atoms with van der Waals surface area (Å²) in [6, 6.07) is 0. The number of carbonyl (C=O) groups is 1. The predicted octanol–water partition coefficient (Wildman–Crippen LogP) is 2.29. The molecule has 0 spiro atoms. The van der Waals surface area contributed by atoms with E-state index in [4.69, 9.17) is 4.74 Å². The Hall–Kier alpha value is -1.09. The second kappa shape index (κ2) is 10.9. The van der Waals surface area contributed by atoms with E-state index in [9.17, 15) is 4.79 Å². The van der Waals surface area contributed by atoms with Gasteiger partial charge in [0.2, 0.25) is 0 Å². The van der Waals surface area contributed by atoms with Crippen molar-refractivity contribution in [3.8, 4) is 0 Å². The predicted molar refractivity (Wildman–Crippen MR) is 53.3 cm³/mol. The van der Waals surface area contributed by atoms with E-state index in [1.54, 1.807) is 6.92 Å². The fourth-order valence-electron chi connectivity index (χ4n) is 0.380. The van der Waals surface area contributed by atoms with E-state index in [-0.39, 0.29) is 0 Å². The molecule has 3 nitrogen and oxygen atoms in total. The van der Waals surface area contributed by atoms with Crippen LogP contribution in [0.5, 0.6) is 0 Å². The number of hydrogen-bond acceptors (Lipinski definition) is 3. The monoisotopic (exact) mass is 186 g/mol. The number of hydrogen-bond donors (Lipinski definition) is 0. The van der Waals surface area contributed by atoms with Gasteiger partial charge < -0.3 is 9.47 Å². The van der Waals surface area contributed by atoms with Crippen LogP contribution < -0.4 is 0 Å². The molecule has 0 aliphatic heterocycles. The summed E-state index contributed by atoms with van der Waals surface area (Å²) in [7, 11) is 0. The van der Waals surface area contributed by atoms with Gasteiger partial charge in [-0.2, -0.15) is 0 Å². The fraction of sp³-hybridized carbons (Fsp3) is 0.500. The van der Waals surface area contributed by atoms with Gasteiger partial charge in [-0.15, -0.1) is 0 Å². The lowest BCUT2D eigenvalue weighted by molar-refractivity contribution is -0.133. The molecular weight excluding hydrogens is 168 g/mol. The second-order valence-corrected chi connectivity index (χ2v) is 2.13. The van der Waals surface area contributed by atoms with Crippen molar-refractivity contribution in [1.29, 1.82) is 0 Å². The van der Waals surface area contributed by atoms with Gasteiger partial charge in [0.05, 0.1) is 6.26 Å². The maximum absolute atomic E-state index is 10.3. The summed E-state index contributed by atoms with van der Waals surface area (Å²) >= 11 is 0. The zero-order chi connectivity index (χ0) is 10.7. The van der Waals surface area contributed by atoms with Gasteiger partial charge in [-0.1, -0.05) is 13.2 Å². The van der Waals surface area contributed by atoms with Crippen LogP contribution in [0.2, 0.25) is 0 Å². The number of esters is 1. The zero-order valence-corrected chi connectivity index (χ0v) is 8.63. The molecule has 0 fully saturated rings. The molecule has 0 N–H and O–H groups in total. The SMILES string of the molecule is C=COC(=O)C(=C)C.CCOCC. The minimum Gasteiger partial charge on any atom is -0.432 e. The molecule has 0 atom stereocenters. The minimum atomic E-state index is -0.431. The summed E-state index contributed by atoms with van der Waals surface area (Å²) in [6.45, 7) is 13.8. The highest BCUT2D eigenvalue weighted by Crippen LogP contribution is 1.90. The lowest BCUT2D eigenvalue weighted by Crippen LogP contribution is -1.98. The van der Waals surface area contributed by atoms with Crippen molar-refractivity contribution in [2.24, 2.45) is 0 Å². The Morgan fingerprint density at radius 2 is 1.85 bits per heavy atom. The lowest BCUT2D eigenvalue weighted by atomic mass is 10.4. The lowest BCUT2D eigenvalue weighted by Gasteiger charge is -1.92. The Morgan fingerprint density at radius 3 is 1.92 bits per heavy atom. The van der Waals surface area contributed by atoms with Crippen LogP contribution >= 0.6 is 0 Å². The van der Waals surface area contributed by atoms with E-state index in [0.29, 0.717) is 5.57 Å². The normalized spacial score (nSPS) is 7.92. The van der Waals surface area contributed by atoms with Gasteiger partial charge in [0.1, 0.15) is 0 Å². The molecule has 76 valence electrons. The Morgan fingerprint density at radius 1 is 1.38 bits per heavy atom. The van der Waals surface area contributed by atoms with Crippen molar-refractivity contribution in [2.75, 3.05) is 13.2 Å². The van der Waals surface area contributed by atoms with E-state index < -0.39 is 5.97 Å². The first-order valence-corrected chi connectivity index (χ1v) is 4.15. The molecule has 0 aliphatic rings. The van der Waals surface area contributed by atoms with Crippen LogP contribution in [-0.2, 0) is 14.3 Å². The highest BCUT2D eigenvalue weighted by atomic mass is 16.5. The van der Waals surface area contributed by atoms with E-state index in [1.165, 1.54) is 0 Å². The summed E-state index contributed by atoms with van der Waals surface area (Å²) in [5.74, 6) is -0.431. The van der Waals surface area contributed by atoms with Gasteiger partial charge in [0.25, 0.3) is 0 Å². The van der Waals surface area contributed by atoms with Crippen molar-refractivity contribution in [2.45, 2.75) is 20.8 Å². The average Bonchev–Trinajstić information content (AvgIpc) is 2.07. The fourth-order valence-corrected chi connectivity index (χ4v) is 0.380. The molecule has 0 amide bonds. The van der Waals surface area contributed by atoms with E-state index in [2.05, 4.69) is 17.9 Å². The van der Waals surface area contributed by atoms with Crippen molar-refractivity contribution in [3.05, 3.63) is 25.0 Å². The standard InChI is InChI=1S/C6H8O2.C4H10O/c1-4-8-6(7)5(2)3;1-3-5-4-2/h4H,1-2H2,3H3;3-4H2,1-2H3. The van der Waals surface area contributed by atoms with Crippen LogP contribution in [0.3, 0.4) is 0 Å². The van der Waals surface area contributed by atoms with E-state index >= 15 is 0 Å². The topological polar surface area (TPSA) is 35.5 Å². The molecule has 0 aromatic heterocycles. The molecule has 0 unspecified atom stereocenters. The van der Waals surface area contributed by atoms with Crippen LogP contribution in [0.4, 0.5) is 0 Å². The first-order chi connectivity index (χ1) is 6.09. The van der Waals surface area contributed by atoms with Gasteiger partial charge >= 0.3 is 5.97 Å². The first kappa shape index (κ1) is 14.4. The Kier molecular flexibility index (Phi) is 12.1. The number of rotatable bonds is 4. The van der Waals surface area contributed by atoms with E-state index in [1.807, 2.05) is 13.8 Å². The van der Waals surface area contributed by atoms with Crippen molar-refractivity contribution in [1.82, 2.24) is 0 Å². The molecule has 3 heteroatoms. The molecule has 0 rings (SSSR count). The highest BCUT2D eigenvalue weighted by molar-refractivity contribution is 5.87. The third kappa shape index (κ3) is 13.8.